The van der Waals surface area contributed by atoms with Gasteiger partial charge in [0.2, 0.25) is 0 Å². The van der Waals surface area contributed by atoms with Crippen LogP contribution in [0.3, 0.4) is 0 Å². The molecule has 5 nitrogen and oxygen atoms in total. The van der Waals surface area contributed by atoms with Crippen molar-refractivity contribution in [3.63, 3.8) is 0 Å². The van der Waals surface area contributed by atoms with Gasteiger partial charge in [-0.1, -0.05) is 17.7 Å². The summed E-state index contributed by atoms with van der Waals surface area (Å²) < 4.78 is 44.1. The fraction of sp³-hybridized carbons (Fsp3) is 0.333. The van der Waals surface area contributed by atoms with Gasteiger partial charge in [-0.05, 0) is 25.1 Å². The van der Waals surface area contributed by atoms with Crippen LogP contribution in [0.2, 0.25) is 5.02 Å². The van der Waals surface area contributed by atoms with E-state index in [0.29, 0.717) is 4.90 Å². The molecule has 0 radical (unpaired) electrons. The van der Waals surface area contributed by atoms with Crippen molar-refractivity contribution in [3.8, 4) is 0 Å². The molecule has 1 aliphatic heterocycles. The number of rotatable bonds is 3. The van der Waals surface area contributed by atoms with Crippen molar-refractivity contribution in [3.05, 3.63) is 29.3 Å². The molecule has 0 aliphatic carbocycles. The Labute approximate surface area is 122 Å². The lowest BCUT2D eigenvalue weighted by Gasteiger charge is -2.28. The van der Waals surface area contributed by atoms with Gasteiger partial charge in [0.25, 0.3) is 5.91 Å². The monoisotopic (exact) mass is 322 g/mol. The van der Waals surface area contributed by atoms with Crippen LogP contribution in [0, 0.1) is 0 Å². The van der Waals surface area contributed by atoms with Gasteiger partial charge in [0, 0.05) is 11.6 Å². The van der Waals surface area contributed by atoms with Gasteiger partial charge in [-0.3, -0.25) is 10.1 Å². The smallest absolute Gasteiger partial charge is 0.340 e. The summed E-state index contributed by atoms with van der Waals surface area (Å²) in [5.74, 6) is -1.55. The molecule has 1 aromatic rings. The van der Waals surface area contributed by atoms with E-state index in [2.05, 4.69) is 4.74 Å². The number of hydrogen-bond donors (Lipinski definition) is 1. The van der Waals surface area contributed by atoms with Crippen molar-refractivity contribution in [1.82, 2.24) is 5.32 Å². The molecule has 0 spiro atoms. The molecule has 21 heavy (non-hydrogen) atoms. The highest BCUT2D eigenvalue weighted by molar-refractivity contribution is 6.31. The highest BCUT2D eigenvalue weighted by Crippen LogP contribution is 2.38. The van der Waals surface area contributed by atoms with E-state index in [0.717, 1.165) is 0 Å². The predicted molar refractivity (Wildman–Crippen MR) is 67.9 cm³/mol. The Bertz CT molecular complexity index is 593. The molecule has 9 heteroatoms. The highest BCUT2D eigenvalue weighted by Gasteiger charge is 2.69. The van der Waals surface area contributed by atoms with Gasteiger partial charge in [0.05, 0.1) is 5.69 Å². The van der Waals surface area contributed by atoms with E-state index >= 15 is 0 Å². The summed E-state index contributed by atoms with van der Waals surface area (Å²) >= 11 is 5.72. The third-order valence-electron chi connectivity index (χ3n) is 2.82. The summed E-state index contributed by atoms with van der Waals surface area (Å²) in [7, 11) is 0. The lowest BCUT2D eigenvalue weighted by atomic mass is 10.2. The van der Waals surface area contributed by atoms with E-state index in [1.807, 2.05) is 0 Å². The first-order valence-electron chi connectivity index (χ1n) is 5.86. The summed E-state index contributed by atoms with van der Waals surface area (Å²) in [6.07, 6.45) is -5.09. The zero-order valence-corrected chi connectivity index (χ0v) is 11.5. The molecule has 1 saturated heterocycles. The molecule has 0 unspecified atom stereocenters. The summed E-state index contributed by atoms with van der Waals surface area (Å²) in [6.45, 7) is 0.879. The number of amides is 3. The molecule has 3 amide bonds. The van der Waals surface area contributed by atoms with Crippen molar-refractivity contribution >= 4 is 29.2 Å². The molecule has 1 N–H and O–H groups in total. The number of carbonyl (C=O) groups is 2. The molecule has 114 valence electrons. The first-order chi connectivity index (χ1) is 9.73. The molecular formula is C12H10ClF3N2O3. The van der Waals surface area contributed by atoms with Crippen LogP contribution in [-0.2, 0) is 9.53 Å². The summed E-state index contributed by atoms with van der Waals surface area (Å²) in [6, 6.07) is 4.14. The number of imide groups is 1. The fourth-order valence-electron chi connectivity index (χ4n) is 1.95. The Balaban J connectivity index is 2.48. The molecule has 1 aromatic carbocycles. The molecule has 1 heterocycles. The van der Waals surface area contributed by atoms with Crippen LogP contribution in [0.5, 0.6) is 0 Å². The summed E-state index contributed by atoms with van der Waals surface area (Å²) in [5, 5.41) is 1.75. The van der Waals surface area contributed by atoms with Gasteiger partial charge in [0.1, 0.15) is 0 Å². The fourth-order valence-corrected chi connectivity index (χ4v) is 2.13. The Morgan fingerprint density at radius 1 is 1.38 bits per heavy atom. The third kappa shape index (κ3) is 2.44. The molecule has 0 bridgehead atoms. The Kier molecular flexibility index (Phi) is 3.85. The lowest BCUT2D eigenvalue weighted by molar-refractivity contribution is -0.267. The Morgan fingerprint density at radius 2 is 2.05 bits per heavy atom. The van der Waals surface area contributed by atoms with Crippen LogP contribution in [0.1, 0.15) is 6.92 Å². The van der Waals surface area contributed by atoms with Crippen LogP contribution < -0.4 is 10.2 Å². The van der Waals surface area contributed by atoms with Crippen LogP contribution >= 0.6 is 11.6 Å². The number of alkyl halides is 3. The number of urea groups is 1. The SMILES string of the molecule is CCO[C@@]1(C(F)(F)F)NC(=O)N(c2cccc(Cl)c2)C1=O. The Hall–Kier alpha value is -1.80. The number of nitrogens with one attached hydrogen (secondary N) is 1. The minimum atomic E-state index is -5.09. The normalized spacial score (nSPS) is 22.6. The average molecular weight is 323 g/mol. The van der Waals surface area contributed by atoms with E-state index in [1.54, 1.807) is 5.32 Å². The Morgan fingerprint density at radius 3 is 2.57 bits per heavy atom. The first-order valence-corrected chi connectivity index (χ1v) is 6.23. The predicted octanol–water partition coefficient (Wildman–Crippen LogP) is 2.69. The van der Waals surface area contributed by atoms with E-state index in [4.69, 9.17) is 11.6 Å². The standard InChI is InChI=1S/C12H10ClF3N2O3/c1-2-21-11(12(14,15)16)9(19)18(10(20)17-11)8-5-3-4-7(13)6-8/h3-6H,2H2,1H3,(H,17,20)/t11-/m0/s1. The number of halogens is 4. The summed E-state index contributed by atoms with van der Waals surface area (Å²) in [4.78, 5) is 24.3. The average Bonchev–Trinajstić information content (AvgIpc) is 2.62. The molecule has 2 rings (SSSR count). The maximum absolute atomic E-state index is 13.2. The van der Waals surface area contributed by atoms with Crippen molar-refractivity contribution in [2.24, 2.45) is 0 Å². The topological polar surface area (TPSA) is 58.6 Å². The second kappa shape index (κ2) is 5.19. The minimum absolute atomic E-state index is 0.0733. The summed E-state index contributed by atoms with van der Waals surface area (Å²) in [5.41, 5.74) is -3.45. The largest absolute Gasteiger partial charge is 0.446 e. The molecule has 1 fully saturated rings. The number of benzene rings is 1. The van der Waals surface area contributed by atoms with E-state index in [-0.39, 0.29) is 10.7 Å². The van der Waals surface area contributed by atoms with Crippen molar-refractivity contribution in [2.75, 3.05) is 11.5 Å². The molecular weight excluding hydrogens is 313 g/mol. The van der Waals surface area contributed by atoms with Crippen LogP contribution in [0.25, 0.3) is 0 Å². The van der Waals surface area contributed by atoms with Crippen molar-refractivity contribution < 1.29 is 27.5 Å². The first kappa shape index (κ1) is 15.6. The lowest BCUT2D eigenvalue weighted by Crippen LogP contribution is -2.60. The highest BCUT2D eigenvalue weighted by atomic mass is 35.5. The molecule has 1 atom stereocenters. The van der Waals surface area contributed by atoms with E-state index < -0.39 is 30.4 Å². The van der Waals surface area contributed by atoms with E-state index in [9.17, 15) is 22.8 Å². The maximum atomic E-state index is 13.2. The van der Waals surface area contributed by atoms with E-state index in [1.165, 1.54) is 31.2 Å². The molecule has 0 saturated carbocycles. The third-order valence-corrected chi connectivity index (χ3v) is 3.05. The number of nitrogens with zero attached hydrogens (tertiary/aromatic N) is 1. The van der Waals surface area contributed by atoms with Crippen LogP contribution in [0.15, 0.2) is 24.3 Å². The molecule has 1 aliphatic rings. The van der Waals surface area contributed by atoms with Crippen molar-refractivity contribution in [2.45, 2.75) is 18.8 Å². The number of hydrogen-bond acceptors (Lipinski definition) is 3. The second-order valence-electron chi connectivity index (χ2n) is 4.16. The zero-order valence-electron chi connectivity index (χ0n) is 10.7. The van der Waals surface area contributed by atoms with Gasteiger partial charge < -0.3 is 4.74 Å². The van der Waals surface area contributed by atoms with Gasteiger partial charge in [-0.25, -0.2) is 9.69 Å². The quantitative estimate of drug-likeness (QED) is 0.870. The van der Waals surface area contributed by atoms with Gasteiger partial charge >= 0.3 is 17.9 Å². The van der Waals surface area contributed by atoms with Crippen LogP contribution in [-0.4, -0.2) is 30.4 Å². The van der Waals surface area contributed by atoms with Gasteiger partial charge in [-0.2, -0.15) is 13.2 Å². The van der Waals surface area contributed by atoms with Gasteiger partial charge in [-0.15, -0.1) is 0 Å². The van der Waals surface area contributed by atoms with Crippen molar-refractivity contribution in [1.29, 1.82) is 0 Å². The maximum Gasteiger partial charge on any atom is 0.446 e. The van der Waals surface area contributed by atoms with Gasteiger partial charge in [0.15, 0.2) is 0 Å². The van der Waals surface area contributed by atoms with Crippen LogP contribution in [0.4, 0.5) is 23.7 Å². The second-order valence-corrected chi connectivity index (χ2v) is 4.60. The number of carbonyl (C=O) groups excluding carboxylic acids is 2. The number of anilines is 1. The minimum Gasteiger partial charge on any atom is -0.340 e. The molecule has 0 aromatic heterocycles. The zero-order chi connectivity index (χ0) is 15.8. The number of ether oxygens (including phenoxy) is 1.